The van der Waals surface area contributed by atoms with Gasteiger partial charge >= 0.3 is 0 Å². The van der Waals surface area contributed by atoms with Crippen LogP contribution in [0.1, 0.15) is 24.5 Å². The van der Waals surface area contributed by atoms with Crippen molar-refractivity contribution in [2.24, 2.45) is 0 Å². The molecule has 0 saturated carbocycles. The van der Waals surface area contributed by atoms with Crippen LogP contribution < -0.4 is 0 Å². The predicted molar refractivity (Wildman–Crippen MR) is 93.4 cm³/mol. The topological polar surface area (TPSA) is 58.9 Å². The summed E-state index contributed by atoms with van der Waals surface area (Å²) in [5, 5.41) is 18.9. The van der Waals surface area contributed by atoms with Crippen LogP contribution >= 0.6 is 0 Å². The second-order valence-electron chi connectivity index (χ2n) is 5.91. The number of rotatable bonds is 10. The van der Waals surface area contributed by atoms with E-state index in [2.05, 4.69) is 0 Å². The van der Waals surface area contributed by atoms with Crippen LogP contribution in [0, 0.1) is 0 Å². The van der Waals surface area contributed by atoms with Gasteiger partial charge in [0, 0.05) is 6.42 Å². The van der Waals surface area contributed by atoms with Crippen molar-refractivity contribution in [1.29, 1.82) is 0 Å². The molecule has 0 aliphatic carbocycles. The SMILES string of the molecule is C[C@@H](OCc1ccccc1)[C@@H](C[C@H](O)CO)OCc1ccccc1. The van der Waals surface area contributed by atoms with Gasteiger partial charge in [-0.1, -0.05) is 60.7 Å². The molecule has 0 aliphatic rings. The van der Waals surface area contributed by atoms with E-state index in [1.54, 1.807) is 0 Å². The summed E-state index contributed by atoms with van der Waals surface area (Å²) in [6.07, 6.45) is -0.973. The molecule has 0 bridgehead atoms. The number of benzene rings is 2. The predicted octanol–water partition coefficient (Wildman–Crippen LogP) is 2.92. The van der Waals surface area contributed by atoms with Crippen molar-refractivity contribution in [1.82, 2.24) is 0 Å². The van der Waals surface area contributed by atoms with E-state index in [0.29, 0.717) is 19.6 Å². The first-order valence-electron chi connectivity index (χ1n) is 8.29. The summed E-state index contributed by atoms with van der Waals surface area (Å²) in [7, 11) is 0. The molecule has 24 heavy (non-hydrogen) atoms. The maximum Gasteiger partial charge on any atom is 0.0864 e. The van der Waals surface area contributed by atoms with Crippen LogP contribution in [0.25, 0.3) is 0 Å². The highest BCUT2D eigenvalue weighted by Gasteiger charge is 2.22. The average molecular weight is 330 g/mol. The Kier molecular flexibility index (Phi) is 7.92. The molecule has 0 amide bonds. The molecule has 0 aliphatic heterocycles. The number of ether oxygens (including phenoxy) is 2. The zero-order valence-electron chi connectivity index (χ0n) is 14.0. The Morgan fingerprint density at radius 1 is 0.833 bits per heavy atom. The number of hydrogen-bond donors (Lipinski definition) is 2. The standard InChI is InChI=1S/C20H26O4/c1-16(23-14-17-8-4-2-5-9-17)20(12-19(22)13-21)24-15-18-10-6-3-7-11-18/h2-11,16,19-22H,12-15H2,1H3/t16-,19+,20-/m1/s1. The molecule has 0 radical (unpaired) electrons. The third-order valence-electron chi connectivity index (χ3n) is 3.90. The molecule has 0 saturated heterocycles. The van der Waals surface area contributed by atoms with Gasteiger partial charge in [0.1, 0.15) is 0 Å². The average Bonchev–Trinajstić information content (AvgIpc) is 2.64. The smallest absolute Gasteiger partial charge is 0.0864 e. The fraction of sp³-hybridized carbons (Fsp3) is 0.400. The monoisotopic (exact) mass is 330 g/mol. The van der Waals surface area contributed by atoms with Gasteiger partial charge in [-0.05, 0) is 18.1 Å². The minimum atomic E-state index is -0.812. The van der Waals surface area contributed by atoms with Gasteiger partial charge in [0.25, 0.3) is 0 Å². The summed E-state index contributed by atoms with van der Waals surface area (Å²) in [6.45, 7) is 2.59. The molecule has 2 aromatic rings. The Labute approximate surface area is 143 Å². The highest BCUT2D eigenvalue weighted by molar-refractivity contribution is 5.14. The van der Waals surface area contributed by atoms with Gasteiger partial charge in [0.2, 0.25) is 0 Å². The van der Waals surface area contributed by atoms with Crippen molar-refractivity contribution in [2.45, 2.75) is 44.9 Å². The Morgan fingerprint density at radius 3 is 1.83 bits per heavy atom. The van der Waals surface area contributed by atoms with Crippen LogP contribution in [0.5, 0.6) is 0 Å². The van der Waals surface area contributed by atoms with Gasteiger partial charge in [-0.2, -0.15) is 0 Å². The first kappa shape index (κ1) is 18.6. The zero-order valence-corrected chi connectivity index (χ0v) is 14.0. The van der Waals surface area contributed by atoms with E-state index in [9.17, 15) is 5.11 Å². The zero-order chi connectivity index (χ0) is 17.2. The van der Waals surface area contributed by atoms with Gasteiger partial charge < -0.3 is 19.7 Å². The maximum atomic E-state index is 9.77. The van der Waals surface area contributed by atoms with E-state index in [4.69, 9.17) is 14.6 Å². The normalized spacial score (nSPS) is 15.0. The van der Waals surface area contributed by atoms with E-state index in [1.165, 1.54) is 0 Å². The van der Waals surface area contributed by atoms with E-state index >= 15 is 0 Å². The number of hydrogen-bond acceptors (Lipinski definition) is 4. The van der Waals surface area contributed by atoms with Crippen LogP contribution in [0.3, 0.4) is 0 Å². The largest absolute Gasteiger partial charge is 0.394 e. The van der Waals surface area contributed by atoms with Crippen molar-refractivity contribution in [3.63, 3.8) is 0 Å². The third kappa shape index (κ3) is 6.42. The van der Waals surface area contributed by atoms with Crippen molar-refractivity contribution in [3.8, 4) is 0 Å². The quantitative estimate of drug-likeness (QED) is 0.703. The molecule has 0 aromatic heterocycles. The Morgan fingerprint density at radius 2 is 1.33 bits per heavy atom. The summed E-state index contributed by atoms with van der Waals surface area (Å²) in [6, 6.07) is 19.8. The van der Waals surface area contributed by atoms with Gasteiger partial charge in [-0.3, -0.25) is 0 Å². The lowest BCUT2D eigenvalue weighted by Gasteiger charge is -2.26. The summed E-state index contributed by atoms with van der Waals surface area (Å²) in [5.41, 5.74) is 2.16. The van der Waals surface area contributed by atoms with Crippen LogP contribution in [-0.4, -0.2) is 35.1 Å². The number of aliphatic hydroxyl groups is 2. The lowest BCUT2D eigenvalue weighted by molar-refractivity contribution is -0.0967. The first-order valence-corrected chi connectivity index (χ1v) is 8.29. The van der Waals surface area contributed by atoms with Crippen molar-refractivity contribution >= 4 is 0 Å². The molecule has 2 N–H and O–H groups in total. The highest BCUT2D eigenvalue weighted by Crippen LogP contribution is 2.16. The fourth-order valence-electron chi connectivity index (χ4n) is 2.42. The van der Waals surface area contributed by atoms with Crippen LogP contribution in [0.15, 0.2) is 60.7 Å². The van der Waals surface area contributed by atoms with Crippen molar-refractivity contribution < 1.29 is 19.7 Å². The summed E-state index contributed by atoms with van der Waals surface area (Å²) < 4.78 is 11.9. The molecule has 3 atom stereocenters. The number of aliphatic hydroxyl groups excluding tert-OH is 2. The Balaban J connectivity index is 1.90. The summed E-state index contributed by atoms with van der Waals surface area (Å²) in [4.78, 5) is 0. The highest BCUT2D eigenvalue weighted by atomic mass is 16.5. The Hall–Kier alpha value is -1.72. The fourth-order valence-corrected chi connectivity index (χ4v) is 2.42. The van der Waals surface area contributed by atoms with Crippen molar-refractivity contribution in [2.75, 3.05) is 6.61 Å². The molecular formula is C20H26O4. The van der Waals surface area contributed by atoms with E-state index in [1.807, 2.05) is 67.6 Å². The third-order valence-corrected chi connectivity index (χ3v) is 3.90. The van der Waals surface area contributed by atoms with Gasteiger partial charge in [0.15, 0.2) is 0 Å². The second-order valence-corrected chi connectivity index (χ2v) is 5.91. The molecular weight excluding hydrogens is 304 g/mol. The molecule has 0 heterocycles. The van der Waals surface area contributed by atoms with Crippen molar-refractivity contribution in [3.05, 3.63) is 71.8 Å². The molecule has 2 rings (SSSR count). The maximum absolute atomic E-state index is 9.77. The van der Waals surface area contributed by atoms with Gasteiger partial charge in [-0.25, -0.2) is 0 Å². The lowest BCUT2D eigenvalue weighted by Crippen LogP contribution is -2.33. The summed E-state index contributed by atoms with van der Waals surface area (Å²) >= 11 is 0. The molecule has 4 heteroatoms. The molecule has 0 spiro atoms. The molecule has 4 nitrogen and oxygen atoms in total. The first-order chi connectivity index (χ1) is 11.7. The molecule has 130 valence electrons. The van der Waals surface area contributed by atoms with Gasteiger partial charge in [0.05, 0.1) is 38.1 Å². The molecule has 0 fully saturated rings. The second kappa shape index (κ2) is 10.2. The minimum absolute atomic E-state index is 0.199. The van der Waals surface area contributed by atoms with Crippen LogP contribution in [0.2, 0.25) is 0 Å². The van der Waals surface area contributed by atoms with E-state index in [0.717, 1.165) is 11.1 Å². The van der Waals surface area contributed by atoms with E-state index < -0.39 is 6.10 Å². The van der Waals surface area contributed by atoms with Crippen LogP contribution in [-0.2, 0) is 22.7 Å². The molecule has 2 aromatic carbocycles. The summed E-state index contributed by atoms with van der Waals surface area (Å²) in [5.74, 6) is 0. The van der Waals surface area contributed by atoms with Gasteiger partial charge in [-0.15, -0.1) is 0 Å². The minimum Gasteiger partial charge on any atom is -0.394 e. The Bertz CT molecular complexity index is 558. The molecule has 0 unspecified atom stereocenters. The van der Waals surface area contributed by atoms with E-state index in [-0.39, 0.29) is 18.8 Å². The lowest BCUT2D eigenvalue weighted by atomic mass is 10.1. The van der Waals surface area contributed by atoms with Crippen LogP contribution in [0.4, 0.5) is 0 Å².